The molecule has 0 aliphatic carbocycles. The Labute approximate surface area is 160 Å². The van der Waals surface area contributed by atoms with Gasteiger partial charge in [0.05, 0.1) is 18.0 Å². The largest absolute Gasteiger partial charge is 0.350 e. The van der Waals surface area contributed by atoms with Gasteiger partial charge in [0.1, 0.15) is 0 Å². The molecule has 0 saturated heterocycles. The summed E-state index contributed by atoms with van der Waals surface area (Å²) >= 11 is 6.01. The van der Waals surface area contributed by atoms with Crippen molar-refractivity contribution < 1.29 is 13.2 Å². The van der Waals surface area contributed by atoms with Gasteiger partial charge in [-0.05, 0) is 37.1 Å². The zero-order valence-corrected chi connectivity index (χ0v) is 16.6. The highest BCUT2D eigenvalue weighted by atomic mass is 35.5. The lowest BCUT2D eigenvalue weighted by Gasteiger charge is -2.24. The standard InChI is InChI=1S/C19H23ClN2O3S/c1-14-9-10-17(20)13-18(14)22(26(3,24)25)12-11-19(23)21-15(2)16-7-5-4-6-8-16/h4-10,13,15H,11-12H2,1-3H3,(H,21,23). The molecule has 1 atom stereocenters. The van der Waals surface area contributed by atoms with Crippen LogP contribution in [-0.2, 0) is 14.8 Å². The summed E-state index contributed by atoms with van der Waals surface area (Å²) in [6, 6.07) is 14.5. The molecule has 0 heterocycles. The van der Waals surface area contributed by atoms with Gasteiger partial charge >= 0.3 is 0 Å². The lowest BCUT2D eigenvalue weighted by Crippen LogP contribution is -2.35. The number of carbonyl (C=O) groups is 1. The molecule has 0 saturated carbocycles. The Morgan fingerprint density at radius 2 is 1.85 bits per heavy atom. The Morgan fingerprint density at radius 3 is 2.46 bits per heavy atom. The van der Waals surface area contributed by atoms with Gasteiger partial charge in [-0.15, -0.1) is 0 Å². The maximum atomic E-state index is 12.3. The summed E-state index contributed by atoms with van der Waals surface area (Å²) in [7, 11) is -3.54. The van der Waals surface area contributed by atoms with Crippen LogP contribution in [0.2, 0.25) is 5.02 Å². The van der Waals surface area contributed by atoms with E-state index in [2.05, 4.69) is 5.32 Å². The molecule has 140 valence electrons. The molecule has 0 aromatic heterocycles. The van der Waals surface area contributed by atoms with Crippen molar-refractivity contribution in [3.8, 4) is 0 Å². The second-order valence-electron chi connectivity index (χ2n) is 6.22. The van der Waals surface area contributed by atoms with Crippen molar-refractivity contribution in [1.82, 2.24) is 5.32 Å². The molecule has 0 spiro atoms. The average molecular weight is 395 g/mol. The lowest BCUT2D eigenvalue weighted by atomic mass is 10.1. The van der Waals surface area contributed by atoms with Gasteiger partial charge in [-0.1, -0.05) is 48.0 Å². The van der Waals surface area contributed by atoms with Gasteiger partial charge in [-0.25, -0.2) is 8.42 Å². The first-order valence-corrected chi connectivity index (χ1v) is 10.5. The van der Waals surface area contributed by atoms with E-state index in [-0.39, 0.29) is 24.9 Å². The fraction of sp³-hybridized carbons (Fsp3) is 0.316. The summed E-state index contributed by atoms with van der Waals surface area (Å²) in [5.41, 5.74) is 2.26. The number of hydrogen-bond acceptors (Lipinski definition) is 3. The number of nitrogens with one attached hydrogen (secondary N) is 1. The Balaban J connectivity index is 2.08. The normalized spacial score (nSPS) is 12.5. The SMILES string of the molecule is Cc1ccc(Cl)cc1N(CCC(=O)NC(C)c1ccccc1)S(C)(=O)=O. The van der Waals surface area contributed by atoms with E-state index >= 15 is 0 Å². The Hall–Kier alpha value is -2.05. The van der Waals surface area contributed by atoms with Crippen molar-refractivity contribution in [3.63, 3.8) is 0 Å². The molecule has 26 heavy (non-hydrogen) atoms. The van der Waals surface area contributed by atoms with Crippen molar-refractivity contribution in [3.05, 3.63) is 64.7 Å². The quantitative estimate of drug-likeness (QED) is 0.778. The summed E-state index contributed by atoms with van der Waals surface area (Å²) in [6.45, 7) is 3.75. The fourth-order valence-electron chi connectivity index (χ4n) is 2.66. The third-order valence-electron chi connectivity index (χ3n) is 4.06. The third kappa shape index (κ3) is 5.47. The molecule has 1 N–H and O–H groups in total. The molecular weight excluding hydrogens is 372 g/mol. The number of benzene rings is 2. The number of anilines is 1. The van der Waals surface area contributed by atoms with Crippen LogP contribution in [-0.4, -0.2) is 27.1 Å². The highest BCUT2D eigenvalue weighted by Gasteiger charge is 2.21. The lowest BCUT2D eigenvalue weighted by molar-refractivity contribution is -0.121. The van der Waals surface area contributed by atoms with Crippen LogP contribution in [0.5, 0.6) is 0 Å². The summed E-state index contributed by atoms with van der Waals surface area (Å²) in [4.78, 5) is 12.3. The molecule has 2 aromatic rings. The summed E-state index contributed by atoms with van der Waals surface area (Å²) in [6.07, 6.45) is 1.17. The van der Waals surface area contributed by atoms with Crippen molar-refractivity contribution in [2.75, 3.05) is 17.1 Å². The van der Waals surface area contributed by atoms with E-state index in [1.807, 2.05) is 37.3 Å². The van der Waals surface area contributed by atoms with Gasteiger partial charge in [-0.2, -0.15) is 0 Å². The number of aryl methyl sites for hydroxylation is 1. The van der Waals surface area contributed by atoms with Crippen molar-refractivity contribution in [2.45, 2.75) is 26.3 Å². The average Bonchev–Trinajstić information content (AvgIpc) is 2.57. The van der Waals surface area contributed by atoms with E-state index < -0.39 is 10.0 Å². The molecule has 7 heteroatoms. The van der Waals surface area contributed by atoms with Crippen LogP contribution in [0, 0.1) is 6.92 Å². The molecule has 1 amide bonds. The minimum Gasteiger partial charge on any atom is -0.350 e. The molecular formula is C19H23ClN2O3S. The van der Waals surface area contributed by atoms with Crippen LogP contribution in [0.4, 0.5) is 5.69 Å². The predicted octanol–water partition coefficient (Wildman–Crippen LogP) is 3.68. The highest BCUT2D eigenvalue weighted by molar-refractivity contribution is 7.92. The van der Waals surface area contributed by atoms with E-state index in [1.54, 1.807) is 25.1 Å². The summed E-state index contributed by atoms with van der Waals surface area (Å²) in [5.74, 6) is -0.213. The van der Waals surface area contributed by atoms with Crippen molar-refractivity contribution >= 4 is 33.2 Å². The monoisotopic (exact) mass is 394 g/mol. The maximum absolute atomic E-state index is 12.3. The molecule has 0 radical (unpaired) electrons. The topological polar surface area (TPSA) is 66.5 Å². The first kappa shape index (κ1) is 20.3. The Bertz CT molecular complexity index is 870. The summed E-state index contributed by atoms with van der Waals surface area (Å²) in [5, 5.41) is 3.34. The van der Waals surface area contributed by atoms with E-state index in [4.69, 9.17) is 11.6 Å². The summed E-state index contributed by atoms with van der Waals surface area (Å²) < 4.78 is 25.6. The van der Waals surface area contributed by atoms with E-state index in [0.717, 1.165) is 17.4 Å². The molecule has 2 rings (SSSR count). The van der Waals surface area contributed by atoms with Crippen LogP contribution in [0.25, 0.3) is 0 Å². The van der Waals surface area contributed by atoms with Crippen LogP contribution in [0.15, 0.2) is 48.5 Å². The number of nitrogens with zero attached hydrogens (tertiary/aromatic N) is 1. The van der Waals surface area contributed by atoms with Gasteiger partial charge in [-0.3, -0.25) is 9.10 Å². The third-order valence-corrected chi connectivity index (χ3v) is 5.47. The van der Waals surface area contributed by atoms with Gasteiger partial charge in [0.25, 0.3) is 0 Å². The highest BCUT2D eigenvalue weighted by Crippen LogP contribution is 2.26. The van der Waals surface area contributed by atoms with E-state index in [0.29, 0.717) is 10.7 Å². The van der Waals surface area contributed by atoms with E-state index in [1.165, 1.54) is 4.31 Å². The molecule has 0 aliphatic rings. The van der Waals surface area contributed by atoms with Crippen molar-refractivity contribution in [1.29, 1.82) is 0 Å². The fourth-order valence-corrected chi connectivity index (χ4v) is 3.80. The van der Waals surface area contributed by atoms with Crippen LogP contribution >= 0.6 is 11.6 Å². The van der Waals surface area contributed by atoms with Gasteiger partial charge in [0, 0.05) is 18.0 Å². The van der Waals surface area contributed by atoms with Gasteiger partial charge in [0.2, 0.25) is 15.9 Å². The zero-order chi connectivity index (χ0) is 19.3. The van der Waals surface area contributed by atoms with E-state index in [9.17, 15) is 13.2 Å². The Morgan fingerprint density at radius 1 is 1.19 bits per heavy atom. The molecule has 0 fully saturated rings. The minimum absolute atomic E-state index is 0.0490. The molecule has 0 aliphatic heterocycles. The van der Waals surface area contributed by atoms with Crippen LogP contribution < -0.4 is 9.62 Å². The van der Waals surface area contributed by atoms with Crippen LogP contribution in [0.3, 0.4) is 0 Å². The number of carbonyl (C=O) groups excluding carboxylic acids is 1. The minimum atomic E-state index is -3.54. The van der Waals surface area contributed by atoms with Gasteiger partial charge < -0.3 is 5.32 Å². The number of sulfonamides is 1. The van der Waals surface area contributed by atoms with Gasteiger partial charge in [0.15, 0.2) is 0 Å². The molecule has 2 aromatic carbocycles. The first-order chi connectivity index (χ1) is 12.2. The zero-order valence-electron chi connectivity index (χ0n) is 15.1. The molecule has 5 nitrogen and oxygen atoms in total. The number of amides is 1. The maximum Gasteiger partial charge on any atom is 0.232 e. The van der Waals surface area contributed by atoms with Crippen molar-refractivity contribution in [2.24, 2.45) is 0 Å². The Kier molecular flexibility index (Phi) is 6.67. The second kappa shape index (κ2) is 8.56. The molecule has 0 bridgehead atoms. The second-order valence-corrected chi connectivity index (χ2v) is 8.56. The smallest absolute Gasteiger partial charge is 0.232 e. The van der Waals surface area contributed by atoms with Crippen LogP contribution in [0.1, 0.15) is 30.5 Å². The molecule has 1 unspecified atom stereocenters. The first-order valence-electron chi connectivity index (χ1n) is 8.26. The predicted molar refractivity (Wildman–Crippen MR) is 106 cm³/mol. The number of halogens is 1. The number of rotatable bonds is 7. The number of hydrogen-bond donors (Lipinski definition) is 1.